The molecule has 2 aromatic carbocycles. The number of carbonyl (C=O) groups excluding carboxylic acids is 4. The Kier molecular flexibility index (Phi) is 12.0. The van der Waals surface area contributed by atoms with Crippen LogP contribution in [0.3, 0.4) is 0 Å². The van der Waals surface area contributed by atoms with Crippen molar-refractivity contribution in [3.63, 3.8) is 0 Å². The van der Waals surface area contributed by atoms with Crippen molar-refractivity contribution in [2.45, 2.75) is 38.5 Å². The minimum absolute atomic E-state index is 0.0578. The number of nitrogens with one attached hydrogen (secondary N) is 1. The molecule has 4 rings (SSSR count). The molecule has 1 atom stereocenters. The molecule has 3 aromatic rings. The van der Waals surface area contributed by atoms with E-state index in [1.807, 2.05) is 0 Å². The molecular weight excluding hydrogens is 743 g/mol. The number of fused-ring (bicyclic) bond motifs is 1. The van der Waals surface area contributed by atoms with Crippen molar-refractivity contribution in [1.29, 1.82) is 0 Å². The molecular formula is C34H31BrF3N5O8. The van der Waals surface area contributed by atoms with Crippen LogP contribution in [0.15, 0.2) is 76.5 Å². The van der Waals surface area contributed by atoms with Crippen LogP contribution in [0.4, 0.5) is 23.9 Å². The lowest BCUT2D eigenvalue weighted by Gasteiger charge is -2.34. The van der Waals surface area contributed by atoms with Crippen LogP contribution in [0.25, 0.3) is 5.69 Å². The van der Waals surface area contributed by atoms with E-state index in [0.717, 1.165) is 18.2 Å². The van der Waals surface area contributed by atoms with Gasteiger partial charge in [0.25, 0.3) is 17.4 Å². The van der Waals surface area contributed by atoms with Gasteiger partial charge in [0.1, 0.15) is 6.61 Å². The van der Waals surface area contributed by atoms with E-state index in [4.69, 9.17) is 9.84 Å². The Hall–Kier alpha value is -5.58. The summed E-state index contributed by atoms with van der Waals surface area (Å²) in [4.78, 5) is 81.6. The number of aromatic nitrogens is 2. The highest BCUT2D eigenvalue weighted by molar-refractivity contribution is 9.10. The van der Waals surface area contributed by atoms with Crippen molar-refractivity contribution in [3.8, 4) is 5.69 Å². The summed E-state index contributed by atoms with van der Waals surface area (Å²) in [7, 11) is 1.17. The van der Waals surface area contributed by atoms with Gasteiger partial charge in [-0.25, -0.2) is 24.0 Å². The predicted molar refractivity (Wildman–Crippen MR) is 181 cm³/mol. The van der Waals surface area contributed by atoms with Gasteiger partial charge in [-0.3, -0.25) is 19.2 Å². The van der Waals surface area contributed by atoms with Crippen LogP contribution in [-0.2, 0) is 33.5 Å². The molecule has 3 amide bonds. The number of anilines is 1. The lowest BCUT2D eigenvalue weighted by molar-refractivity contribution is -0.138. The highest BCUT2D eigenvalue weighted by Gasteiger charge is 2.36. The average molecular weight is 775 g/mol. The maximum Gasteiger partial charge on any atom is 0.417 e. The monoisotopic (exact) mass is 773 g/mol. The first-order valence-corrected chi connectivity index (χ1v) is 16.0. The number of hydrogen-bond acceptors (Lipinski definition) is 9. The molecule has 2 heterocycles. The molecule has 0 bridgehead atoms. The summed E-state index contributed by atoms with van der Waals surface area (Å²) < 4.78 is 46.6. The highest BCUT2D eigenvalue weighted by Crippen LogP contribution is 2.36. The van der Waals surface area contributed by atoms with Crippen LogP contribution in [0, 0.1) is 0 Å². The van der Waals surface area contributed by atoms with E-state index in [1.165, 1.54) is 52.9 Å². The largest absolute Gasteiger partial charge is 0.478 e. The van der Waals surface area contributed by atoms with E-state index < -0.39 is 53.0 Å². The van der Waals surface area contributed by atoms with Gasteiger partial charge in [-0.15, -0.1) is 6.58 Å². The second-order valence-electron chi connectivity index (χ2n) is 11.3. The smallest absolute Gasteiger partial charge is 0.417 e. The number of amides is 3. The van der Waals surface area contributed by atoms with Crippen LogP contribution in [0.5, 0.6) is 0 Å². The Bertz CT molecular complexity index is 1980. The standard InChI is InChI=1S/C34H31BrF3N5O8/c1-4-14-39-32-40-27-18-42(30(48)21-7-11-26(35)25(17-21)34(36,37)38)19(2)16-24(27)31(49)43(32)22-8-5-20(6-9-22)29(47)41(3)33(50)51-15-13-23(44)10-12-28(45)46/h4-12,17,19H,1,13-16,18H2,2-3H3,(H,39,40)(H,45,46)/b12-10-/t19-/m1/s1. The number of halogens is 4. The van der Waals surface area contributed by atoms with Gasteiger partial charge in [-0.1, -0.05) is 22.0 Å². The third-order valence-electron chi connectivity index (χ3n) is 7.73. The number of carboxylic acid groups (broad SMARTS) is 1. The molecule has 1 aromatic heterocycles. The van der Waals surface area contributed by atoms with Crippen molar-refractivity contribution < 1.29 is 47.0 Å². The fourth-order valence-corrected chi connectivity index (χ4v) is 5.58. The summed E-state index contributed by atoms with van der Waals surface area (Å²) in [5, 5.41) is 11.6. The molecule has 51 heavy (non-hydrogen) atoms. The topological polar surface area (TPSA) is 168 Å². The zero-order valence-electron chi connectivity index (χ0n) is 27.2. The maximum absolute atomic E-state index is 14.0. The Labute approximate surface area is 297 Å². The quantitative estimate of drug-likeness (QED) is 0.200. The first-order valence-electron chi connectivity index (χ1n) is 15.2. The van der Waals surface area contributed by atoms with Crippen LogP contribution in [0.2, 0.25) is 0 Å². The number of alkyl halides is 3. The van der Waals surface area contributed by atoms with Gasteiger partial charge < -0.3 is 20.1 Å². The van der Waals surface area contributed by atoms with Crippen molar-refractivity contribution in [3.05, 3.63) is 110 Å². The van der Waals surface area contributed by atoms with Gasteiger partial charge in [-0.2, -0.15) is 13.2 Å². The van der Waals surface area contributed by atoms with Crippen LogP contribution >= 0.6 is 15.9 Å². The summed E-state index contributed by atoms with van der Waals surface area (Å²) >= 11 is 2.88. The molecule has 0 saturated heterocycles. The van der Waals surface area contributed by atoms with Gasteiger partial charge in [0, 0.05) is 53.3 Å². The number of carbonyl (C=O) groups is 5. The maximum atomic E-state index is 14.0. The fourth-order valence-electron chi connectivity index (χ4n) is 5.11. The average Bonchev–Trinajstić information content (AvgIpc) is 3.08. The van der Waals surface area contributed by atoms with E-state index in [2.05, 4.69) is 32.8 Å². The number of hydrogen-bond donors (Lipinski definition) is 2. The minimum Gasteiger partial charge on any atom is -0.478 e. The van der Waals surface area contributed by atoms with Crippen LogP contribution in [0.1, 0.15) is 50.9 Å². The molecule has 2 N–H and O–H groups in total. The lowest BCUT2D eigenvalue weighted by atomic mass is 9.98. The Morgan fingerprint density at radius 1 is 1.12 bits per heavy atom. The fraction of sp³-hybridized carbons (Fsp3) is 0.265. The molecule has 17 heteroatoms. The number of carboxylic acids is 1. The molecule has 0 spiro atoms. The molecule has 0 radical (unpaired) electrons. The normalized spacial score (nSPS) is 14.1. The predicted octanol–water partition coefficient (Wildman–Crippen LogP) is 5.01. The molecule has 0 fully saturated rings. The SMILES string of the molecule is C=CCNc1nc2c(c(=O)n1-c1ccc(C(=O)N(C)C(=O)OCCC(=O)/C=C\C(=O)O)cc1)C[C@@H](C)N(C(=O)c1ccc(Br)c(C(F)(F)F)c1)C2. The van der Waals surface area contributed by atoms with Crippen molar-refractivity contribution in [2.24, 2.45) is 0 Å². The van der Waals surface area contributed by atoms with E-state index in [0.29, 0.717) is 22.2 Å². The number of rotatable bonds is 11. The van der Waals surface area contributed by atoms with Crippen molar-refractivity contribution >= 4 is 51.5 Å². The van der Waals surface area contributed by atoms with Crippen molar-refractivity contribution in [1.82, 2.24) is 19.4 Å². The summed E-state index contributed by atoms with van der Waals surface area (Å²) in [6.45, 7) is 5.00. The Morgan fingerprint density at radius 3 is 2.41 bits per heavy atom. The first-order chi connectivity index (χ1) is 24.0. The Balaban J connectivity index is 1.56. The summed E-state index contributed by atoms with van der Waals surface area (Å²) in [5.41, 5.74) is -0.725. The number of imide groups is 1. The first kappa shape index (κ1) is 38.2. The molecule has 13 nitrogen and oxygen atoms in total. The zero-order chi connectivity index (χ0) is 37.6. The molecule has 0 aliphatic carbocycles. The van der Waals surface area contributed by atoms with Crippen LogP contribution in [-0.4, -0.2) is 80.4 Å². The second kappa shape index (κ2) is 16.0. The molecule has 1 aliphatic heterocycles. The van der Waals surface area contributed by atoms with E-state index >= 15 is 0 Å². The van der Waals surface area contributed by atoms with Gasteiger partial charge in [0.05, 0.1) is 23.5 Å². The number of allylic oxidation sites excluding steroid dienone is 1. The number of ketones is 1. The molecule has 0 unspecified atom stereocenters. The van der Waals surface area contributed by atoms with Gasteiger partial charge in [-0.05, 0) is 61.9 Å². The molecule has 1 aliphatic rings. The van der Waals surface area contributed by atoms with Crippen molar-refractivity contribution in [2.75, 3.05) is 25.5 Å². The summed E-state index contributed by atoms with van der Waals surface area (Å²) in [6.07, 6.45) is -2.96. The van der Waals surface area contributed by atoms with Crippen LogP contribution < -0.4 is 10.9 Å². The Morgan fingerprint density at radius 2 is 1.78 bits per heavy atom. The van der Waals surface area contributed by atoms with E-state index in [-0.39, 0.29) is 59.8 Å². The minimum atomic E-state index is -4.69. The van der Waals surface area contributed by atoms with Gasteiger partial charge in [0.2, 0.25) is 5.95 Å². The number of benzene rings is 2. The molecule has 0 saturated carbocycles. The highest BCUT2D eigenvalue weighted by atomic mass is 79.9. The third-order valence-corrected chi connectivity index (χ3v) is 8.43. The van der Waals surface area contributed by atoms with E-state index in [1.54, 1.807) is 6.92 Å². The van der Waals surface area contributed by atoms with E-state index in [9.17, 15) is 41.9 Å². The number of aliphatic carboxylic acids is 1. The zero-order valence-corrected chi connectivity index (χ0v) is 28.8. The van der Waals surface area contributed by atoms with Gasteiger partial charge in [0.15, 0.2) is 5.78 Å². The number of nitrogens with zero attached hydrogens (tertiary/aromatic N) is 4. The lowest BCUT2D eigenvalue weighted by Crippen LogP contribution is -2.46. The number of ether oxygens (including phenoxy) is 1. The van der Waals surface area contributed by atoms with Gasteiger partial charge >= 0.3 is 18.2 Å². The third kappa shape index (κ3) is 8.97. The molecule has 268 valence electrons. The second-order valence-corrected chi connectivity index (χ2v) is 12.1. The summed E-state index contributed by atoms with van der Waals surface area (Å²) in [6, 6.07) is 8.32. The summed E-state index contributed by atoms with van der Waals surface area (Å²) in [5.74, 6) is -3.23.